The molecule has 0 unspecified atom stereocenters. The molecule has 2 aromatic rings. The zero-order valence-corrected chi connectivity index (χ0v) is 12.4. The van der Waals surface area contributed by atoms with Crippen LogP contribution in [0.4, 0.5) is 11.4 Å². The first-order valence-corrected chi connectivity index (χ1v) is 6.65. The Morgan fingerprint density at radius 3 is 2.59 bits per heavy atom. The lowest BCUT2D eigenvalue weighted by Gasteiger charge is -2.13. The Hall–Kier alpha value is -2.89. The molecular formula is C16H16N2O4. The molecule has 0 aromatic heterocycles. The first-order valence-electron chi connectivity index (χ1n) is 6.65. The Labute approximate surface area is 128 Å². The number of ether oxygens (including phenoxy) is 1. The van der Waals surface area contributed by atoms with Crippen molar-refractivity contribution in [1.29, 1.82) is 0 Å². The monoisotopic (exact) mass is 300 g/mol. The van der Waals surface area contributed by atoms with E-state index in [1.54, 1.807) is 24.3 Å². The minimum absolute atomic E-state index is 0.0699. The lowest BCUT2D eigenvalue weighted by atomic mass is 10.1. The summed E-state index contributed by atoms with van der Waals surface area (Å²) in [5.74, 6) is 0.113. The molecule has 114 valence electrons. The number of hydrogen-bond donors (Lipinski definition) is 0. The van der Waals surface area contributed by atoms with Crippen LogP contribution >= 0.6 is 0 Å². The van der Waals surface area contributed by atoms with Gasteiger partial charge in [-0.2, -0.15) is 0 Å². The van der Waals surface area contributed by atoms with Crippen LogP contribution in [0, 0.1) is 10.1 Å². The topological polar surface area (TPSA) is 72.7 Å². The van der Waals surface area contributed by atoms with Crippen molar-refractivity contribution in [2.45, 2.75) is 0 Å². The molecule has 0 aliphatic rings. The number of nitro groups is 1. The molecule has 2 rings (SSSR count). The highest BCUT2D eigenvalue weighted by Crippen LogP contribution is 2.20. The van der Waals surface area contributed by atoms with E-state index in [0.29, 0.717) is 11.3 Å². The average molecular weight is 300 g/mol. The van der Waals surface area contributed by atoms with Gasteiger partial charge >= 0.3 is 0 Å². The molecule has 22 heavy (non-hydrogen) atoms. The number of carbonyl (C=O) groups excluding carboxylic acids is 1. The SMILES string of the molecule is CN(C)c1cccc(C(=O)COc2cccc([N+](=O)[O-])c2)c1. The molecule has 0 fully saturated rings. The summed E-state index contributed by atoms with van der Waals surface area (Å²) in [6.45, 7) is -0.169. The largest absolute Gasteiger partial charge is 0.485 e. The molecule has 6 heteroatoms. The van der Waals surface area contributed by atoms with Crippen LogP contribution in [0.5, 0.6) is 5.75 Å². The molecule has 0 spiro atoms. The molecule has 0 N–H and O–H groups in total. The molecule has 0 saturated carbocycles. The van der Waals surface area contributed by atoms with Crippen LogP contribution < -0.4 is 9.64 Å². The van der Waals surface area contributed by atoms with Crippen molar-refractivity contribution in [3.05, 3.63) is 64.2 Å². The van der Waals surface area contributed by atoms with E-state index in [0.717, 1.165) is 5.69 Å². The highest BCUT2D eigenvalue weighted by molar-refractivity contribution is 5.98. The van der Waals surface area contributed by atoms with Gasteiger partial charge in [-0.15, -0.1) is 0 Å². The molecular weight excluding hydrogens is 284 g/mol. The van der Waals surface area contributed by atoms with E-state index in [2.05, 4.69) is 0 Å². The minimum atomic E-state index is -0.505. The predicted molar refractivity (Wildman–Crippen MR) is 83.7 cm³/mol. The summed E-state index contributed by atoms with van der Waals surface area (Å²) in [4.78, 5) is 24.2. The highest BCUT2D eigenvalue weighted by Gasteiger charge is 2.10. The van der Waals surface area contributed by atoms with Crippen molar-refractivity contribution in [2.24, 2.45) is 0 Å². The standard InChI is InChI=1S/C16H16N2O4/c1-17(2)13-6-3-5-12(9-13)16(19)11-22-15-8-4-7-14(10-15)18(20)21/h3-10H,11H2,1-2H3. The number of carbonyl (C=O) groups is 1. The van der Waals surface area contributed by atoms with E-state index in [9.17, 15) is 14.9 Å². The van der Waals surface area contributed by atoms with E-state index in [1.165, 1.54) is 18.2 Å². The Morgan fingerprint density at radius 2 is 1.91 bits per heavy atom. The number of benzene rings is 2. The van der Waals surface area contributed by atoms with Crippen molar-refractivity contribution in [2.75, 3.05) is 25.6 Å². The number of hydrogen-bond acceptors (Lipinski definition) is 5. The van der Waals surface area contributed by atoms with Gasteiger partial charge in [0.2, 0.25) is 0 Å². The fraction of sp³-hybridized carbons (Fsp3) is 0.188. The van der Waals surface area contributed by atoms with Crippen LogP contribution in [-0.4, -0.2) is 31.4 Å². The molecule has 6 nitrogen and oxygen atoms in total. The van der Waals surface area contributed by atoms with Gasteiger partial charge in [0.05, 0.1) is 11.0 Å². The van der Waals surface area contributed by atoms with Gasteiger partial charge in [-0.3, -0.25) is 14.9 Å². The lowest BCUT2D eigenvalue weighted by molar-refractivity contribution is -0.384. The van der Waals surface area contributed by atoms with Crippen molar-refractivity contribution in [3.8, 4) is 5.75 Å². The van der Waals surface area contributed by atoms with Gasteiger partial charge in [0.15, 0.2) is 12.4 Å². The number of ketones is 1. The minimum Gasteiger partial charge on any atom is -0.485 e. The molecule has 0 aliphatic carbocycles. The van der Waals surface area contributed by atoms with Crippen molar-refractivity contribution < 1.29 is 14.5 Å². The summed E-state index contributed by atoms with van der Waals surface area (Å²) < 4.78 is 5.35. The summed E-state index contributed by atoms with van der Waals surface area (Å²) in [7, 11) is 3.78. The third-order valence-electron chi connectivity index (χ3n) is 3.08. The molecule has 0 aliphatic heterocycles. The number of anilines is 1. The lowest BCUT2D eigenvalue weighted by Crippen LogP contribution is -2.13. The summed E-state index contributed by atoms with van der Waals surface area (Å²) >= 11 is 0. The maximum atomic E-state index is 12.1. The van der Waals surface area contributed by atoms with Gasteiger partial charge in [-0.1, -0.05) is 18.2 Å². The molecule has 0 atom stereocenters. The Morgan fingerprint density at radius 1 is 1.18 bits per heavy atom. The van der Waals surface area contributed by atoms with E-state index >= 15 is 0 Å². The Balaban J connectivity index is 2.05. The zero-order chi connectivity index (χ0) is 16.1. The summed E-state index contributed by atoms with van der Waals surface area (Å²) in [6, 6.07) is 13.0. The van der Waals surface area contributed by atoms with Crippen LogP contribution in [0.15, 0.2) is 48.5 Å². The third kappa shape index (κ3) is 3.82. The summed E-state index contributed by atoms with van der Waals surface area (Å²) in [5, 5.41) is 10.7. The van der Waals surface area contributed by atoms with Crippen LogP contribution in [0.3, 0.4) is 0 Å². The van der Waals surface area contributed by atoms with E-state index < -0.39 is 4.92 Å². The van der Waals surface area contributed by atoms with Gasteiger partial charge in [-0.05, 0) is 18.2 Å². The number of non-ortho nitro benzene ring substituents is 1. The first-order chi connectivity index (χ1) is 10.5. The highest BCUT2D eigenvalue weighted by atomic mass is 16.6. The number of nitro benzene ring substituents is 1. The molecule has 0 heterocycles. The Kier molecular flexibility index (Phi) is 4.73. The maximum Gasteiger partial charge on any atom is 0.273 e. The molecule has 0 bridgehead atoms. The van der Waals surface area contributed by atoms with Crippen molar-refractivity contribution >= 4 is 17.2 Å². The average Bonchev–Trinajstić information content (AvgIpc) is 2.53. The Bertz CT molecular complexity index is 698. The fourth-order valence-electron chi connectivity index (χ4n) is 1.88. The fourth-order valence-corrected chi connectivity index (χ4v) is 1.88. The van der Waals surface area contributed by atoms with Crippen molar-refractivity contribution in [3.63, 3.8) is 0 Å². The van der Waals surface area contributed by atoms with Crippen molar-refractivity contribution in [1.82, 2.24) is 0 Å². The second-order valence-electron chi connectivity index (χ2n) is 4.91. The third-order valence-corrected chi connectivity index (χ3v) is 3.08. The molecule has 0 radical (unpaired) electrons. The number of nitrogens with zero attached hydrogens (tertiary/aromatic N) is 2. The van der Waals surface area contributed by atoms with Gasteiger partial charge < -0.3 is 9.64 Å². The van der Waals surface area contributed by atoms with Gasteiger partial charge in [0, 0.05) is 31.4 Å². The van der Waals surface area contributed by atoms with Gasteiger partial charge in [-0.25, -0.2) is 0 Å². The van der Waals surface area contributed by atoms with E-state index in [4.69, 9.17) is 4.74 Å². The summed E-state index contributed by atoms with van der Waals surface area (Å²) in [5.41, 5.74) is 1.39. The predicted octanol–water partition coefficient (Wildman–Crippen LogP) is 2.92. The second-order valence-corrected chi connectivity index (χ2v) is 4.91. The summed E-state index contributed by atoms with van der Waals surface area (Å²) in [6.07, 6.45) is 0. The van der Waals surface area contributed by atoms with Crippen LogP contribution in [0.25, 0.3) is 0 Å². The molecule has 2 aromatic carbocycles. The second kappa shape index (κ2) is 6.71. The van der Waals surface area contributed by atoms with E-state index in [1.807, 2.05) is 25.1 Å². The van der Waals surface area contributed by atoms with Crippen LogP contribution in [0.2, 0.25) is 0 Å². The normalized spacial score (nSPS) is 10.1. The zero-order valence-electron chi connectivity index (χ0n) is 12.4. The van der Waals surface area contributed by atoms with Crippen LogP contribution in [0.1, 0.15) is 10.4 Å². The van der Waals surface area contributed by atoms with Gasteiger partial charge in [0.1, 0.15) is 5.75 Å². The molecule has 0 saturated heterocycles. The smallest absolute Gasteiger partial charge is 0.273 e. The van der Waals surface area contributed by atoms with Gasteiger partial charge in [0.25, 0.3) is 5.69 Å². The first kappa shape index (κ1) is 15.5. The number of Topliss-reactive ketones (excluding diaryl/α,β-unsaturated/α-hetero) is 1. The number of rotatable bonds is 6. The molecule has 0 amide bonds. The maximum absolute atomic E-state index is 12.1. The van der Waals surface area contributed by atoms with E-state index in [-0.39, 0.29) is 18.1 Å². The van der Waals surface area contributed by atoms with Crippen LogP contribution in [-0.2, 0) is 0 Å². The quantitative estimate of drug-likeness (QED) is 0.466.